The lowest BCUT2D eigenvalue weighted by Crippen LogP contribution is -2.90. The molecule has 3 N–H and O–H groups in total. The fraction of sp³-hybridized carbons (Fsp3) is 0.812. The van der Waals surface area contributed by atoms with Crippen LogP contribution in [-0.4, -0.2) is 24.5 Å². The van der Waals surface area contributed by atoms with Crippen LogP contribution >= 0.6 is 0 Å². The van der Waals surface area contributed by atoms with Crippen LogP contribution in [0.25, 0.3) is 0 Å². The lowest BCUT2D eigenvalue weighted by atomic mass is 9.83. The topological polar surface area (TPSA) is 106 Å². The van der Waals surface area contributed by atoms with Crippen LogP contribution in [0.5, 0.6) is 0 Å². The van der Waals surface area contributed by atoms with E-state index in [1.54, 1.807) is 0 Å². The number of ether oxygens (including phenoxy) is 2. The zero-order chi connectivity index (χ0) is 15.6. The third-order valence-corrected chi connectivity index (χ3v) is 6.31. The number of hydrogen-bond donors (Lipinski definition) is 2. The Labute approximate surface area is 129 Å². The number of nitrogens with zero attached hydrogens (tertiary/aromatic N) is 2. The Morgan fingerprint density at radius 1 is 1.18 bits per heavy atom. The zero-order valence-electron chi connectivity index (χ0n) is 12.8. The lowest BCUT2D eigenvalue weighted by Gasteiger charge is -2.28. The summed E-state index contributed by atoms with van der Waals surface area (Å²) >= 11 is 0. The Morgan fingerprint density at radius 3 is 2.36 bits per heavy atom. The Morgan fingerprint density at radius 2 is 1.86 bits per heavy atom. The summed E-state index contributed by atoms with van der Waals surface area (Å²) in [6, 6.07) is 4.85. The van der Waals surface area contributed by atoms with E-state index in [0.717, 1.165) is 38.5 Å². The zero-order valence-corrected chi connectivity index (χ0v) is 12.8. The van der Waals surface area contributed by atoms with Crippen molar-refractivity contribution in [3.63, 3.8) is 0 Å². The third kappa shape index (κ3) is 1.09. The quantitative estimate of drug-likeness (QED) is 0.650. The normalized spacial score (nSPS) is 48.3. The minimum atomic E-state index is -1.26. The van der Waals surface area contributed by atoms with Gasteiger partial charge in [-0.15, -0.1) is 0 Å². The maximum Gasteiger partial charge on any atom is 0.343 e. The Kier molecular flexibility index (Phi) is 2.55. The number of nitrogens with two attached hydrogens (primary N) is 1. The highest BCUT2D eigenvalue weighted by atomic mass is 16.8. The summed E-state index contributed by atoms with van der Waals surface area (Å²) < 4.78 is 11.9. The molecule has 6 heteroatoms. The second-order valence-electron chi connectivity index (χ2n) is 7.11. The van der Waals surface area contributed by atoms with Gasteiger partial charge in [0.15, 0.2) is 10.8 Å². The molecule has 6 nitrogen and oxygen atoms in total. The van der Waals surface area contributed by atoms with Gasteiger partial charge in [-0.05, 0) is 19.8 Å². The molecule has 3 fully saturated rings. The summed E-state index contributed by atoms with van der Waals surface area (Å²) in [5.74, 6) is -0.904. The molecule has 0 aromatic rings. The van der Waals surface area contributed by atoms with Crippen LogP contribution in [-0.2, 0) is 9.47 Å². The molecule has 22 heavy (non-hydrogen) atoms. The van der Waals surface area contributed by atoms with E-state index in [9.17, 15) is 10.5 Å². The highest BCUT2D eigenvalue weighted by molar-refractivity contribution is 5.95. The highest BCUT2D eigenvalue weighted by Crippen LogP contribution is 2.86. The molecule has 0 radical (unpaired) electrons. The molecule has 2 aliphatic heterocycles. The Bertz CT molecular complexity index is 640. The van der Waals surface area contributed by atoms with Crippen LogP contribution < -0.4 is 10.7 Å². The fourth-order valence-electron chi connectivity index (χ4n) is 5.52. The molecule has 4 rings (SSSR count). The van der Waals surface area contributed by atoms with Gasteiger partial charge in [0.1, 0.15) is 0 Å². The average molecular weight is 301 g/mol. The van der Waals surface area contributed by atoms with Crippen LogP contribution in [0.3, 0.4) is 0 Å². The van der Waals surface area contributed by atoms with Crippen molar-refractivity contribution in [2.45, 2.75) is 57.5 Å². The predicted molar refractivity (Wildman–Crippen MR) is 75.6 cm³/mol. The van der Waals surface area contributed by atoms with Gasteiger partial charge < -0.3 is 9.47 Å². The molecule has 2 aliphatic carbocycles. The lowest BCUT2D eigenvalue weighted by molar-refractivity contribution is -0.680. The first-order valence-electron chi connectivity index (χ1n) is 8.11. The Hall–Kier alpha value is -1.63. The second kappa shape index (κ2) is 4.01. The molecule has 0 unspecified atom stereocenters. The van der Waals surface area contributed by atoms with Crippen molar-refractivity contribution in [3.05, 3.63) is 0 Å². The molecule has 4 atom stereocenters. The molecule has 0 aromatic carbocycles. The van der Waals surface area contributed by atoms with Gasteiger partial charge in [-0.3, -0.25) is 5.73 Å². The molecule has 0 amide bonds. The average Bonchev–Trinajstić information content (AvgIpc) is 2.88. The summed E-state index contributed by atoms with van der Waals surface area (Å²) in [6.45, 7) is 2.31. The minimum absolute atomic E-state index is 0.122. The smallest absolute Gasteiger partial charge is 0.311 e. The first kappa shape index (κ1) is 14.0. The predicted octanol–water partition coefficient (Wildman–Crippen LogP) is -0.0989. The van der Waals surface area contributed by atoms with Crippen LogP contribution in [0, 0.1) is 38.9 Å². The van der Waals surface area contributed by atoms with Gasteiger partial charge in [0, 0.05) is 5.41 Å². The second-order valence-corrected chi connectivity index (χ2v) is 7.11. The van der Waals surface area contributed by atoms with Gasteiger partial charge >= 0.3 is 5.91 Å². The van der Waals surface area contributed by atoms with Crippen molar-refractivity contribution < 1.29 is 14.5 Å². The summed E-state index contributed by atoms with van der Waals surface area (Å²) in [7, 11) is 0. The SMILES string of the molecule is C[C@H]1CO[C@]2([NH+]=C(N)[C@@]3(C#N)C4(CCCCCC4)[C@@]23C#N)O1. The molecule has 2 spiro atoms. The Balaban J connectivity index is 1.92. The van der Waals surface area contributed by atoms with E-state index in [1.165, 1.54) is 0 Å². The van der Waals surface area contributed by atoms with Crippen LogP contribution in [0.1, 0.15) is 45.4 Å². The van der Waals surface area contributed by atoms with Gasteiger partial charge in [-0.25, -0.2) is 4.99 Å². The van der Waals surface area contributed by atoms with Gasteiger partial charge in [-0.1, -0.05) is 25.7 Å². The molecular weight excluding hydrogens is 280 g/mol. The van der Waals surface area contributed by atoms with E-state index in [1.807, 2.05) is 6.92 Å². The van der Waals surface area contributed by atoms with E-state index in [0.29, 0.717) is 12.4 Å². The summed E-state index contributed by atoms with van der Waals surface area (Å²) in [5.41, 5.74) is 3.77. The maximum absolute atomic E-state index is 10.1. The van der Waals surface area contributed by atoms with Gasteiger partial charge in [0.2, 0.25) is 0 Å². The fourth-order valence-corrected chi connectivity index (χ4v) is 5.52. The third-order valence-electron chi connectivity index (χ3n) is 6.31. The molecule has 4 aliphatic rings. The first-order chi connectivity index (χ1) is 10.6. The number of rotatable bonds is 0. The first-order valence-corrected chi connectivity index (χ1v) is 8.11. The largest absolute Gasteiger partial charge is 0.343 e. The monoisotopic (exact) mass is 301 g/mol. The molecule has 2 saturated carbocycles. The van der Waals surface area contributed by atoms with Crippen molar-refractivity contribution in [1.82, 2.24) is 0 Å². The van der Waals surface area contributed by atoms with E-state index < -0.39 is 22.2 Å². The van der Waals surface area contributed by atoms with Crippen molar-refractivity contribution in [2.75, 3.05) is 6.61 Å². The minimum Gasteiger partial charge on any atom is -0.311 e. The van der Waals surface area contributed by atoms with Crippen molar-refractivity contribution in [2.24, 2.45) is 22.0 Å². The van der Waals surface area contributed by atoms with Crippen LogP contribution in [0.4, 0.5) is 0 Å². The molecule has 116 valence electrons. The van der Waals surface area contributed by atoms with Crippen molar-refractivity contribution in [3.8, 4) is 12.1 Å². The number of hydrogen-bond acceptors (Lipinski definition) is 5. The number of amidine groups is 1. The standard InChI is InChI=1S/C16H20N4O2/c1-11-8-21-16(22-11)15(10-18)13(6-4-2-3-5-7-13)14(15,9-17)12(19)20-16/h11H,2-8H2,1H3,(H2,19,20)/p+1/t11-,14-,15+,16-/m0/s1. The van der Waals surface area contributed by atoms with Crippen molar-refractivity contribution in [1.29, 1.82) is 10.5 Å². The van der Waals surface area contributed by atoms with Crippen LogP contribution in [0.15, 0.2) is 0 Å². The number of nitrogens with one attached hydrogen (secondary N) is 1. The van der Waals surface area contributed by atoms with Gasteiger partial charge in [0.25, 0.3) is 5.84 Å². The maximum atomic E-state index is 10.1. The molecule has 0 bridgehead atoms. The summed E-state index contributed by atoms with van der Waals surface area (Å²) in [5, 5.41) is 20.1. The van der Waals surface area contributed by atoms with Crippen molar-refractivity contribution >= 4 is 5.84 Å². The van der Waals surface area contributed by atoms with Crippen LogP contribution in [0.2, 0.25) is 0 Å². The van der Waals surface area contributed by atoms with E-state index in [-0.39, 0.29) is 6.10 Å². The van der Waals surface area contributed by atoms with E-state index in [2.05, 4.69) is 17.1 Å². The number of fused-ring (bicyclic) bond motifs is 4. The number of nitriles is 2. The van der Waals surface area contributed by atoms with Gasteiger partial charge in [-0.2, -0.15) is 10.5 Å². The summed E-state index contributed by atoms with van der Waals surface area (Å²) in [4.78, 5) is 3.04. The summed E-state index contributed by atoms with van der Waals surface area (Å²) in [6.07, 6.45) is 5.87. The molecular formula is C16H21N4O2+. The highest BCUT2D eigenvalue weighted by Gasteiger charge is 3.03. The van der Waals surface area contributed by atoms with E-state index >= 15 is 0 Å². The molecule has 2 heterocycles. The molecule has 0 aromatic heterocycles. The van der Waals surface area contributed by atoms with Gasteiger partial charge in [0.05, 0.1) is 24.8 Å². The molecule has 1 saturated heterocycles. The van der Waals surface area contributed by atoms with E-state index in [4.69, 9.17) is 15.2 Å².